The molecule has 0 unspecified atom stereocenters. The van der Waals surface area contributed by atoms with Crippen molar-refractivity contribution in [2.24, 2.45) is 0 Å². The van der Waals surface area contributed by atoms with E-state index < -0.39 is 5.97 Å². The second kappa shape index (κ2) is 5.31. The molecule has 0 saturated heterocycles. The molecule has 0 fully saturated rings. The van der Waals surface area contributed by atoms with Gasteiger partial charge in [-0.05, 0) is 39.8 Å². The van der Waals surface area contributed by atoms with Crippen LogP contribution < -0.4 is 0 Å². The summed E-state index contributed by atoms with van der Waals surface area (Å²) in [5.74, 6) is -0.803. The summed E-state index contributed by atoms with van der Waals surface area (Å²) in [6.07, 6.45) is 5.48. The number of carboxylic acids is 1. The van der Waals surface area contributed by atoms with Crippen molar-refractivity contribution in [3.05, 3.63) is 51.6 Å². The number of benzene rings is 1. The summed E-state index contributed by atoms with van der Waals surface area (Å²) in [7, 11) is 0. The van der Waals surface area contributed by atoms with Crippen LogP contribution in [0.3, 0.4) is 0 Å². The molecule has 0 aliphatic rings. The number of imidazole rings is 1. The van der Waals surface area contributed by atoms with Gasteiger partial charge >= 0.3 is 5.97 Å². The number of rotatable bonds is 4. The van der Waals surface area contributed by atoms with Crippen molar-refractivity contribution in [1.82, 2.24) is 9.55 Å². The molecule has 1 heterocycles. The van der Waals surface area contributed by atoms with Crippen molar-refractivity contribution in [3.8, 4) is 0 Å². The molecule has 0 radical (unpaired) electrons. The summed E-state index contributed by atoms with van der Waals surface area (Å²) in [6.45, 7) is 0.756. The molecule has 2 rings (SSSR count). The first kappa shape index (κ1) is 12.1. The standard InChI is InChI=1S/C12H11IN2O2/c13-11-5-9(6-12(16)17)1-2-10(11)7-15-4-3-14-8-15/h1-5,8H,6-7H2,(H,16,17). The molecule has 2 aromatic rings. The predicted molar refractivity (Wildman–Crippen MR) is 71.8 cm³/mol. The molecule has 4 nitrogen and oxygen atoms in total. The summed E-state index contributed by atoms with van der Waals surface area (Å²) in [4.78, 5) is 14.6. The maximum absolute atomic E-state index is 10.6. The quantitative estimate of drug-likeness (QED) is 0.867. The maximum Gasteiger partial charge on any atom is 0.307 e. The van der Waals surface area contributed by atoms with Crippen LogP contribution in [0.4, 0.5) is 0 Å². The van der Waals surface area contributed by atoms with Crippen molar-refractivity contribution in [2.75, 3.05) is 0 Å². The Kier molecular flexibility index (Phi) is 3.78. The summed E-state index contributed by atoms with van der Waals surface area (Å²) in [6, 6.07) is 5.75. The van der Waals surface area contributed by atoms with Crippen LogP contribution in [0.1, 0.15) is 11.1 Å². The Hall–Kier alpha value is -1.37. The van der Waals surface area contributed by atoms with E-state index in [4.69, 9.17) is 5.11 Å². The van der Waals surface area contributed by atoms with Crippen molar-refractivity contribution < 1.29 is 9.90 Å². The number of aliphatic carboxylic acids is 1. The predicted octanol–water partition coefficient (Wildman–Crippen LogP) is 2.16. The lowest BCUT2D eigenvalue weighted by Crippen LogP contribution is -2.03. The zero-order valence-corrected chi connectivity index (χ0v) is 11.2. The molecule has 0 saturated carbocycles. The number of aromatic nitrogens is 2. The molecule has 0 bridgehead atoms. The Balaban J connectivity index is 2.17. The normalized spacial score (nSPS) is 10.4. The Labute approximate surface area is 112 Å². The number of halogens is 1. The van der Waals surface area contributed by atoms with Crippen molar-refractivity contribution in [3.63, 3.8) is 0 Å². The average molecular weight is 342 g/mol. The van der Waals surface area contributed by atoms with Crippen LogP contribution in [0.15, 0.2) is 36.9 Å². The number of carbonyl (C=O) groups is 1. The molecular formula is C12H11IN2O2. The lowest BCUT2D eigenvalue weighted by atomic mass is 10.1. The Morgan fingerprint density at radius 3 is 2.88 bits per heavy atom. The number of carboxylic acid groups (broad SMARTS) is 1. The van der Waals surface area contributed by atoms with Crippen molar-refractivity contribution in [2.45, 2.75) is 13.0 Å². The smallest absolute Gasteiger partial charge is 0.307 e. The number of nitrogens with zero attached hydrogens (tertiary/aromatic N) is 2. The molecule has 0 atom stereocenters. The van der Waals surface area contributed by atoms with E-state index in [0.29, 0.717) is 0 Å². The zero-order valence-electron chi connectivity index (χ0n) is 9.01. The van der Waals surface area contributed by atoms with E-state index >= 15 is 0 Å². The highest BCUT2D eigenvalue weighted by Gasteiger charge is 2.05. The second-order valence-electron chi connectivity index (χ2n) is 3.73. The van der Waals surface area contributed by atoms with Crippen molar-refractivity contribution >= 4 is 28.6 Å². The van der Waals surface area contributed by atoms with Crippen LogP contribution >= 0.6 is 22.6 Å². The third kappa shape index (κ3) is 3.29. The van der Waals surface area contributed by atoms with Crippen LogP contribution in [0.25, 0.3) is 0 Å². The molecule has 17 heavy (non-hydrogen) atoms. The molecule has 1 aromatic carbocycles. The Bertz CT molecular complexity index is 523. The first-order valence-electron chi connectivity index (χ1n) is 5.10. The van der Waals surface area contributed by atoms with E-state index in [2.05, 4.69) is 27.6 Å². The van der Waals surface area contributed by atoms with E-state index in [0.717, 1.165) is 21.2 Å². The summed E-state index contributed by atoms with van der Waals surface area (Å²) < 4.78 is 3.06. The van der Waals surface area contributed by atoms with E-state index in [9.17, 15) is 4.79 Å². The summed E-state index contributed by atoms with van der Waals surface area (Å²) >= 11 is 2.23. The van der Waals surface area contributed by atoms with Gasteiger partial charge in [0.05, 0.1) is 12.7 Å². The first-order chi connectivity index (χ1) is 8.15. The fourth-order valence-electron chi connectivity index (χ4n) is 1.58. The summed E-state index contributed by atoms with van der Waals surface area (Å²) in [5, 5.41) is 8.72. The van der Waals surface area contributed by atoms with Crippen LogP contribution in [-0.4, -0.2) is 20.6 Å². The molecule has 88 valence electrons. The van der Waals surface area contributed by atoms with Gasteiger partial charge in [0.2, 0.25) is 0 Å². The van der Waals surface area contributed by atoms with Gasteiger partial charge in [0, 0.05) is 22.5 Å². The van der Waals surface area contributed by atoms with Gasteiger partial charge in [-0.25, -0.2) is 4.98 Å². The fraction of sp³-hybridized carbons (Fsp3) is 0.167. The fourth-order valence-corrected chi connectivity index (χ4v) is 2.33. The molecule has 0 spiro atoms. The van der Waals surface area contributed by atoms with Crippen LogP contribution in [0.2, 0.25) is 0 Å². The Morgan fingerprint density at radius 1 is 1.47 bits per heavy atom. The van der Waals surface area contributed by atoms with Gasteiger partial charge in [0.1, 0.15) is 0 Å². The minimum absolute atomic E-state index is 0.0708. The molecule has 0 amide bonds. The monoisotopic (exact) mass is 342 g/mol. The van der Waals surface area contributed by atoms with Gasteiger partial charge in [-0.1, -0.05) is 12.1 Å². The highest BCUT2D eigenvalue weighted by atomic mass is 127. The van der Waals surface area contributed by atoms with Crippen LogP contribution in [-0.2, 0) is 17.8 Å². The van der Waals surface area contributed by atoms with Gasteiger partial charge in [0.25, 0.3) is 0 Å². The molecule has 1 aromatic heterocycles. The highest BCUT2D eigenvalue weighted by Crippen LogP contribution is 2.16. The molecule has 0 aliphatic carbocycles. The lowest BCUT2D eigenvalue weighted by molar-refractivity contribution is -0.136. The van der Waals surface area contributed by atoms with Crippen LogP contribution in [0, 0.1) is 3.57 Å². The lowest BCUT2D eigenvalue weighted by Gasteiger charge is -2.07. The first-order valence-corrected chi connectivity index (χ1v) is 6.18. The molecular weight excluding hydrogens is 331 g/mol. The summed E-state index contributed by atoms with van der Waals surface area (Å²) in [5.41, 5.74) is 1.99. The second-order valence-corrected chi connectivity index (χ2v) is 4.89. The third-order valence-electron chi connectivity index (χ3n) is 2.38. The largest absolute Gasteiger partial charge is 0.481 e. The highest BCUT2D eigenvalue weighted by molar-refractivity contribution is 14.1. The molecule has 0 aliphatic heterocycles. The van der Waals surface area contributed by atoms with Gasteiger partial charge in [-0.2, -0.15) is 0 Å². The van der Waals surface area contributed by atoms with Crippen LogP contribution in [0.5, 0.6) is 0 Å². The van der Waals surface area contributed by atoms with E-state index in [1.165, 1.54) is 0 Å². The zero-order chi connectivity index (χ0) is 12.3. The minimum Gasteiger partial charge on any atom is -0.481 e. The molecule has 1 N–H and O–H groups in total. The van der Waals surface area contributed by atoms with Gasteiger partial charge in [0.15, 0.2) is 0 Å². The van der Waals surface area contributed by atoms with Gasteiger partial charge in [-0.15, -0.1) is 0 Å². The third-order valence-corrected chi connectivity index (χ3v) is 3.39. The minimum atomic E-state index is -0.803. The van der Waals surface area contributed by atoms with Crippen molar-refractivity contribution in [1.29, 1.82) is 0 Å². The van der Waals surface area contributed by atoms with E-state index in [-0.39, 0.29) is 6.42 Å². The van der Waals surface area contributed by atoms with E-state index in [1.54, 1.807) is 12.5 Å². The SMILES string of the molecule is O=C(O)Cc1ccc(Cn2ccnc2)c(I)c1. The average Bonchev–Trinajstić information content (AvgIpc) is 2.74. The van der Waals surface area contributed by atoms with Gasteiger partial charge < -0.3 is 9.67 Å². The van der Waals surface area contributed by atoms with Gasteiger partial charge in [-0.3, -0.25) is 4.79 Å². The Morgan fingerprint density at radius 2 is 2.29 bits per heavy atom. The topological polar surface area (TPSA) is 55.1 Å². The number of hydrogen-bond donors (Lipinski definition) is 1. The van der Waals surface area contributed by atoms with E-state index in [1.807, 2.05) is 29.0 Å². The molecule has 5 heteroatoms. The maximum atomic E-state index is 10.6. The number of hydrogen-bond acceptors (Lipinski definition) is 2.